The van der Waals surface area contributed by atoms with E-state index < -0.39 is 102 Å². The van der Waals surface area contributed by atoms with Gasteiger partial charge >= 0.3 is 5.97 Å². The molecule has 6 atom stereocenters. The number of benzene rings is 1. The molecule has 0 bridgehead atoms. The normalized spacial score (nSPS) is 28.1. The van der Waals surface area contributed by atoms with Gasteiger partial charge < -0.3 is 46.2 Å². The Hall–Kier alpha value is -5.22. The van der Waals surface area contributed by atoms with E-state index in [1.807, 2.05) is 0 Å². The van der Waals surface area contributed by atoms with Crippen molar-refractivity contribution in [1.29, 1.82) is 0 Å². The van der Waals surface area contributed by atoms with Crippen molar-refractivity contribution >= 4 is 47.3 Å². The number of hydrogen-bond acceptors (Lipinski definition) is 9. The van der Waals surface area contributed by atoms with Gasteiger partial charge in [-0.3, -0.25) is 38.4 Å². The molecule has 1 aromatic carbocycles. The van der Waals surface area contributed by atoms with E-state index >= 15 is 0 Å². The Kier molecular flexibility index (Phi) is 12.6. The molecule has 0 aromatic heterocycles. The lowest BCUT2D eigenvalue weighted by Gasteiger charge is -2.34. The average Bonchev–Trinajstić information content (AvgIpc) is 3.92. The minimum Gasteiger partial charge on any atom is -0.508 e. The molecule has 4 saturated heterocycles. The highest BCUT2D eigenvalue weighted by Crippen LogP contribution is 2.27. The van der Waals surface area contributed by atoms with E-state index in [1.165, 1.54) is 26.8 Å². The first kappa shape index (κ1) is 39.0. The third-order valence-corrected chi connectivity index (χ3v) is 10.5. The molecule has 288 valence electrons. The van der Waals surface area contributed by atoms with Gasteiger partial charge in [0.2, 0.25) is 41.4 Å². The largest absolute Gasteiger partial charge is 0.508 e. The number of aliphatic carboxylic acids is 1. The van der Waals surface area contributed by atoms with Crippen LogP contribution >= 0.6 is 0 Å². The fourth-order valence-corrected chi connectivity index (χ4v) is 7.62. The van der Waals surface area contributed by atoms with Crippen molar-refractivity contribution in [3.05, 3.63) is 29.8 Å². The molecule has 0 saturated carbocycles. The first-order valence-corrected chi connectivity index (χ1v) is 18.3. The zero-order valence-electron chi connectivity index (χ0n) is 30.0. The van der Waals surface area contributed by atoms with E-state index in [4.69, 9.17) is 0 Å². The third-order valence-electron chi connectivity index (χ3n) is 10.5. The number of amides is 7. The molecule has 17 nitrogen and oxygen atoms in total. The number of carbonyl (C=O) groups is 8. The summed E-state index contributed by atoms with van der Waals surface area (Å²) in [5.41, 5.74) is 0.592. The Morgan fingerprint density at radius 3 is 1.89 bits per heavy atom. The van der Waals surface area contributed by atoms with Crippen molar-refractivity contribution in [2.24, 2.45) is 5.92 Å². The molecule has 5 rings (SSSR count). The molecule has 4 aliphatic rings. The number of phenols is 1. The average molecular weight is 740 g/mol. The zero-order valence-corrected chi connectivity index (χ0v) is 30.0. The van der Waals surface area contributed by atoms with E-state index in [0.717, 1.165) is 0 Å². The van der Waals surface area contributed by atoms with Crippen LogP contribution in [0.25, 0.3) is 0 Å². The Balaban J connectivity index is 1.48. The number of hydrogen-bond donors (Lipinski definition) is 6. The third kappa shape index (κ3) is 9.24. The highest BCUT2D eigenvalue weighted by Gasteiger charge is 2.45. The van der Waals surface area contributed by atoms with Crippen molar-refractivity contribution in [3.8, 4) is 5.75 Å². The smallest absolute Gasteiger partial charge is 0.303 e. The van der Waals surface area contributed by atoms with Gasteiger partial charge in [-0.1, -0.05) is 26.0 Å². The monoisotopic (exact) mass is 739 g/mol. The molecule has 0 aliphatic carbocycles. The van der Waals surface area contributed by atoms with Gasteiger partial charge in [-0.25, -0.2) is 0 Å². The van der Waals surface area contributed by atoms with Crippen LogP contribution < -0.4 is 21.3 Å². The van der Waals surface area contributed by atoms with Gasteiger partial charge in [-0.05, 0) is 68.6 Å². The number of phenolic OH excluding ortho intramolecular Hbond substituents is 1. The van der Waals surface area contributed by atoms with E-state index in [1.54, 1.807) is 26.0 Å². The van der Waals surface area contributed by atoms with Gasteiger partial charge in [0.1, 0.15) is 42.0 Å². The summed E-state index contributed by atoms with van der Waals surface area (Å²) in [6.45, 7) is 3.57. The zero-order chi connectivity index (χ0) is 38.4. The summed E-state index contributed by atoms with van der Waals surface area (Å²) >= 11 is 0. The molecular formula is C36H49N7O10. The second-order valence-electron chi connectivity index (χ2n) is 14.5. The second kappa shape index (κ2) is 17.1. The lowest BCUT2D eigenvalue weighted by molar-refractivity contribution is -0.149. The van der Waals surface area contributed by atoms with Crippen molar-refractivity contribution in [2.75, 3.05) is 26.2 Å². The van der Waals surface area contributed by atoms with Gasteiger partial charge in [-0.15, -0.1) is 0 Å². The number of fused-ring (bicyclic) bond motifs is 3. The fraction of sp³-hybridized carbons (Fsp3) is 0.611. The topological polar surface area (TPSA) is 235 Å². The number of nitrogens with one attached hydrogen (secondary N) is 4. The quantitative estimate of drug-likeness (QED) is 0.209. The number of rotatable bonds is 6. The predicted molar refractivity (Wildman–Crippen MR) is 187 cm³/mol. The van der Waals surface area contributed by atoms with Crippen LogP contribution in [0.5, 0.6) is 5.75 Å². The first-order valence-electron chi connectivity index (χ1n) is 18.3. The number of carboxylic acid groups (broad SMARTS) is 1. The summed E-state index contributed by atoms with van der Waals surface area (Å²) in [5.74, 6) is -5.85. The summed E-state index contributed by atoms with van der Waals surface area (Å²) in [5, 5.41) is 29.9. The molecule has 1 aromatic rings. The van der Waals surface area contributed by atoms with Gasteiger partial charge in [0, 0.05) is 32.5 Å². The number of nitrogens with zero attached hydrogens (tertiary/aromatic N) is 3. The van der Waals surface area contributed by atoms with Crippen LogP contribution in [0.2, 0.25) is 0 Å². The molecular weight excluding hydrogens is 690 g/mol. The second-order valence-corrected chi connectivity index (χ2v) is 14.5. The van der Waals surface area contributed by atoms with E-state index in [2.05, 4.69) is 21.3 Å². The fourth-order valence-electron chi connectivity index (χ4n) is 7.62. The van der Waals surface area contributed by atoms with Crippen molar-refractivity contribution < 1.29 is 48.6 Å². The van der Waals surface area contributed by atoms with Crippen molar-refractivity contribution in [3.63, 3.8) is 0 Å². The number of carbonyl (C=O) groups excluding carboxylic acids is 7. The minimum atomic E-state index is -1.29. The van der Waals surface area contributed by atoms with Crippen LogP contribution in [0.15, 0.2) is 24.3 Å². The van der Waals surface area contributed by atoms with Crippen LogP contribution in [-0.4, -0.2) is 135 Å². The van der Waals surface area contributed by atoms with Gasteiger partial charge in [0.15, 0.2) is 0 Å². The maximum Gasteiger partial charge on any atom is 0.303 e. The Bertz CT molecular complexity index is 1600. The molecule has 6 N–H and O–H groups in total. The summed E-state index contributed by atoms with van der Waals surface area (Å²) in [6.07, 6.45) is 1.63. The van der Waals surface area contributed by atoms with E-state index in [-0.39, 0.29) is 44.6 Å². The van der Waals surface area contributed by atoms with Crippen LogP contribution in [0.1, 0.15) is 70.8 Å². The maximum absolute atomic E-state index is 14.1. The lowest BCUT2D eigenvalue weighted by Crippen LogP contribution is -2.59. The van der Waals surface area contributed by atoms with Gasteiger partial charge in [0.05, 0.1) is 6.54 Å². The predicted octanol–water partition coefficient (Wildman–Crippen LogP) is -0.987. The van der Waals surface area contributed by atoms with Crippen molar-refractivity contribution in [2.45, 2.75) is 108 Å². The molecule has 0 radical (unpaired) electrons. The van der Waals surface area contributed by atoms with Gasteiger partial charge in [-0.2, -0.15) is 0 Å². The molecule has 7 amide bonds. The molecule has 4 fully saturated rings. The molecule has 17 heteroatoms. The van der Waals surface area contributed by atoms with E-state index in [0.29, 0.717) is 37.7 Å². The molecule has 0 spiro atoms. The number of aromatic hydroxyl groups is 1. The van der Waals surface area contributed by atoms with Gasteiger partial charge in [0.25, 0.3) is 0 Å². The highest BCUT2D eigenvalue weighted by molar-refractivity contribution is 5.98. The SMILES string of the molecule is CC(C)[C@H]1NC(=O)[C@@H]2CCCN2C(=O)[C@@H]2CCCN2C(=O)[C@@H](CCC(=O)O)NC(=O)[C@@H]2CCCN2C(=O)CNC(=O)[C@@H](Cc2ccc(O)cc2)NC1=O. The van der Waals surface area contributed by atoms with Crippen LogP contribution in [0, 0.1) is 5.92 Å². The van der Waals surface area contributed by atoms with Crippen LogP contribution in [0.3, 0.4) is 0 Å². The maximum atomic E-state index is 14.1. The summed E-state index contributed by atoms with van der Waals surface area (Å²) in [6, 6.07) is -0.435. The Morgan fingerprint density at radius 1 is 0.717 bits per heavy atom. The number of carboxylic acids is 1. The lowest BCUT2D eigenvalue weighted by atomic mass is 10.00. The minimum absolute atomic E-state index is 0.00388. The molecule has 4 heterocycles. The highest BCUT2D eigenvalue weighted by atomic mass is 16.4. The Labute approximate surface area is 307 Å². The van der Waals surface area contributed by atoms with Crippen LogP contribution in [0.4, 0.5) is 0 Å². The Morgan fingerprint density at radius 2 is 1.26 bits per heavy atom. The standard InChI is InChI=1S/C36H49N7O10/c1-20(2)30-34(51)39-24(18-21-9-11-22(44)12-10-21)31(48)37-19-28(45)41-15-3-6-25(41)32(49)38-23(13-14-29(46)47)35(52)43-17-5-8-27(43)36(53)42-16-4-7-26(42)33(50)40-30/h9-12,20,23-27,30,44H,3-8,13-19H2,1-2H3,(H,37,48)(H,38,49)(H,39,51)(H,40,50)(H,46,47)/t23-,24-,25+,26+,27+,30-/m1/s1. The van der Waals surface area contributed by atoms with Crippen molar-refractivity contribution in [1.82, 2.24) is 36.0 Å². The molecule has 53 heavy (non-hydrogen) atoms. The first-order chi connectivity index (χ1) is 25.2. The molecule has 0 unspecified atom stereocenters. The summed E-state index contributed by atoms with van der Waals surface area (Å²) in [7, 11) is 0. The molecule has 4 aliphatic heterocycles. The van der Waals surface area contributed by atoms with E-state index in [9.17, 15) is 48.6 Å². The summed E-state index contributed by atoms with van der Waals surface area (Å²) in [4.78, 5) is 112. The van der Waals surface area contributed by atoms with Crippen LogP contribution in [-0.2, 0) is 44.8 Å². The summed E-state index contributed by atoms with van der Waals surface area (Å²) < 4.78 is 0.